The summed E-state index contributed by atoms with van der Waals surface area (Å²) in [5.41, 5.74) is 6.66. The summed E-state index contributed by atoms with van der Waals surface area (Å²) < 4.78 is 0. The number of hydrogen-bond acceptors (Lipinski definition) is 4. The molecule has 3 aromatic rings. The predicted molar refractivity (Wildman–Crippen MR) is 124 cm³/mol. The molecule has 30 heavy (non-hydrogen) atoms. The maximum atomic E-state index is 12.5. The van der Waals surface area contributed by atoms with E-state index >= 15 is 0 Å². The van der Waals surface area contributed by atoms with Gasteiger partial charge in [-0.05, 0) is 43.5 Å². The van der Waals surface area contributed by atoms with E-state index in [2.05, 4.69) is 23.3 Å². The van der Waals surface area contributed by atoms with Gasteiger partial charge in [0.2, 0.25) is 5.91 Å². The van der Waals surface area contributed by atoms with E-state index in [1.807, 2.05) is 62.4 Å². The van der Waals surface area contributed by atoms with Crippen molar-refractivity contribution in [3.05, 3.63) is 76.9 Å². The summed E-state index contributed by atoms with van der Waals surface area (Å²) in [4.78, 5) is 17.2. The molecule has 4 nitrogen and oxygen atoms in total. The minimum Gasteiger partial charge on any atom is -0.326 e. The van der Waals surface area contributed by atoms with Crippen molar-refractivity contribution < 1.29 is 4.79 Å². The van der Waals surface area contributed by atoms with Gasteiger partial charge in [0.1, 0.15) is 11.1 Å². The zero-order valence-electron chi connectivity index (χ0n) is 17.5. The molecule has 1 amide bonds. The van der Waals surface area contributed by atoms with Gasteiger partial charge < -0.3 is 5.32 Å². The van der Waals surface area contributed by atoms with Gasteiger partial charge in [-0.3, -0.25) is 4.79 Å². The maximum Gasteiger partial charge on any atom is 0.225 e. The van der Waals surface area contributed by atoms with Crippen LogP contribution in [0.3, 0.4) is 0 Å². The lowest BCUT2D eigenvalue weighted by atomic mass is 10.1. The number of carbonyl (C=O) groups is 1. The van der Waals surface area contributed by atoms with Gasteiger partial charge in [0.05, 0.1) is 11.3 Å². The molecule has 0 unspecified atom stereocenters. The fourth-order valence-electron chi connectivity index (χ4n) is 3.17. The summed E-state index contributed by atoms with van der Waals surface area (Å²) in [5, 5.41) is 13.1. The van der Waals surface area contributed by atoms with E-state index in [4.69, 9.17) is 0 Å². The first-order valence-corrected chi connectivity index (χ1v) is 11.0. The molecular weight excluding hydrogens is 390 g/mol. The molecule has 1 N–H and O–H groups in total. The highest BCUT2D eigenvalue weighted by Crippen LogP contribution is 2.26. The Kier molecular flexibility index (Phi) is 7.26. The summed E-state index contributed by atoms with van der Waals surface area (Å²) in [6, 6.07) is 20.1. The van der Waals surface area contributed by atoms with Crippen molar-refractivity contribution in [1.29, 1.82) is 5.26 Å². The molecule has 0 fully saturated rings. The Morgan fingerprint density at radius 2 is 1.87 bits per heavy atom. The van der Waals surface area contributed by atoms with E-state index in [0.29, 0.717) is 22.8 Å². The van der Waals surface area contributed by atoms with Gasteiger partial charge in [-0.25, -0.2) is 4.98 Å². The Morgan fingerprint density at radius 1 is 1.10 bits per heavy atom. The number of aromatic nitrogens is 1. The standard InChI is InChI=1S/C25H25N3OS/c1-4-19-7-5-6-18(3)24(19)28-23(29)14-15-30-25-21(16-26)12-13-22(27-25)20-10-8-17(2)9-11-20/h5-13H,4,14-15H2,1-3H3,(H,28,29). The highest BCUT2D eigenvalue weighted by atomic mass is 32.2. The Morgan fingerprint density at radius 3 is 2.57 bits per heavy atom. The van der Waals surface area contributed by atoms with Crippen molar-refractivity contribution in [2.24, 2.45) is 0 Å². The van der Waals surface area contributed by atoms with Crippen LogP contribution in [0.25, 0.3) is 11.3 Å². The van der Waals surface area contributed by atoms with Crippen LogP contribution < -0.4 is 5.32 Å². The molecule has 152 valence electrons. The molecule has 0 atom stereocenters. The van der Waals surface area contributed by atoms with Crippen LogP contribution >= 0.6 is 11.8 Å². The van der Waals surface area contributed by atoms with Crippen LogP contribution in [0.4, 0.5) is 5.69 Å². The number of nitrogens with one attached hydrogen (secondary N) is 1. The summed E-state index contributed by atoms with van der Waals surface area (Å²) >= 11 is 1.44. The number of amides is 1. The number of hydrogen-bond donors (Lipinski definition) is 1. The minimum atomic E-state index is -0.0281. The second kappa shape index (κ2) is 10.1. The molecule has 0 aliphatic heterocycles. The molecule has 1 aromatic heterocycles. The van der Waals surface area contributed by atoms with E-state index in [-0.39, 0.29) is 5.91 Å². The van der Waals surface area contributed by atoms with E-state index in [0.717, 1.165) is 34.5 Å². The van der Waals surface area contributed by atoms with Gasteiger partial charge in [0.25, 0.3) is 0 Å². The molecule has 0 saturated carbocycles. The molecule has 2 aromatic carbocycles. The number of thioether (sulfide) groups is 1. The number of nitriles is 1. The topological polar surface area (TPSA) is 65.8 Å². The van der Waals surface area contributed by atoms with Crippen LogP contribution in [0.2, 0.25) is 0 Å². The lowest BCUT2D eigenvalue weighted by molar-refractivity contribution is -0.115. The van der Waals surface area contributed by atoms with Crippen LogP contribution in [-0.2, 0) is 11.2 Å². The van der Waals surface area contributed by atoms with Gasteiger partial charge in [-0.2, -0.15) is 5.26 Å². The Bertz CT molecular complexity index is 1080. The second-order valence-corrected chi connectivity index (χ2v) is 8.22. The number of pyridine rings is 1. The second-order valence-electron chi connectivity index (χ2n) is 7.14. The Labute approximate surface area is 182 Å². The number of benzene rings is 2. The molecule has 1 heterocycles. The van der Waals surface area contributed by atoms with Crippen molar-refractivity contribution >= 4 is 23.4 Å². The predicted octanol–water partition coefficient (Wildman–Crippen LogP) is 5.92. The molecule has 0 bridgehead atoms. The summed E-state index contributed by atoms with van der Waals surface area (Å²) in [7, 11) is 0. The fraction of sp³-hybridized carbons (Fsp3) is 0.240. The van der Waals surface area contributed by atoms with E-state index in [1.54, 1.807) is 6.07 Å². The van der Waals surface area contributed by atoms with Gasteiger partial charge in [0, 0.05) is 23.4 Å². The van der Waals surface area contributed by atoms with Gasteiger partial charge in [0.15, 0.2) is 0 Å². The van der Waals surface area contributed by atoms with Crippen molar-refractivity contribution in [3.8, 4) is 17.3 Å². The highest BCUT2D eigenvalue weighted by Gasteiger charge is 2.11. The first-order chi connectivity index (χ1) is 14.5. The van der Waals surface area contributed by atoms with Gasteiger partial charge in [-0.1, -0.05) is 55.0 Å². The lowest BCUT2D eigenvalue weighted by Gasteiger charge is -2.13. The average Bonchev–Trinajstić information content (AvgIpc) is 2.75. The number of nitrogens with zero attached hydrogens (tertiary/aromatic N) is 2. The van der Waals surface area contributed by atoms with Crippen molar-refractivity contribution in [2.75, 3.05) is 11.1 Å². The third kappa shape index (κ3) is 5.28. The molecule has 3 rings (SSSR count). The monoisotopic (exact) mass is 415 g/mol. The maximum absolute atomic E-state index is 12.5. The molecule has 0 aliphatic carbocycles. The van der Waals surface area contributed by atoms with E-state index in [9.17, 15) is 10.1 Å². The Hall–Kier alpha value is -3.10. The third-order valence-corrected chi connectivity index (χ3v) is 5.89. The summed E-state index contributed by atoms with van der Waals surface area (Å²) in [5.74, 6) is 0.526. The zero-order chi connectivity index (χ0) is 21.5. The Balaban J connectivity index is 1.67. The normalized spacial score (nSPS) is 10.5. The van der Waals surface area contributed by atoms with E-state index in [1.165, 1.54) is 17.3 Å². The highest BCUT2D eigenvalue weighted by molar-refractivity contribution is 7.99. The van der Waals surface area contributed by atoms with Crippen LogP contribution in [0.15, 0.2) is 59.6 Å². The molecule has 0 radical (unpaired) electrons. The number of carbonyl (C=O) groups excluding carboxylic acids is 1. The van der Waals surface area contributed by atoms with Crippen LogP contribution in [-0.4, -0.2) is 16.6 Å². The SMILES string of the molecule is CCc1cccc(C)c1NC(=O)CCSc1nc(-c2ccc(C)cc2)ccc1C#N. The van der Waals surface area contributed by atoms with Crippen LogP contribution in [0.5, 0.6) is 0 Å². The lowest BCUT2D eigenvalue weighted by Crippen LogP contribution is -2.14. The van der Waals surface area contributed by atoms with Gasteiger partial charge >= 0.3 is 0 Å². The molecule has 5 heteroatoms. The molecule has 0 aliphatic rings. The largest absolute Gasteiger partial charge is 0.326 e. The van der Waals surface area contributed by atoms with Crippen molar-refractivity contribution in [2.45, 2.75) is 38.6 Å². The minimum absolute atomic E-state index is 0.0281. The van der Waals surface area contributed by atoms with Crippen molar-refractivity contribution in [1.82, 2.24) is 4.98 Å². The molecular formula is C25H25N3OS. The first-order valence-electron chi connectivity index (χ1n) is 10.0. The summed E-state index contributed by atoms with van der Waals surface area (Å²) in [6.07, 6.45) is 1.22. The van der Waals surface area contributed by atoms with Crippen LogP contribution in [0, 0.1) is 25.2 Å². The number of rotatable bonds is 7. The molecule has 0 saturated heterocycles. The third-order valence-electron chi connectivity index (χ3n) is 4.90. The van der Waals surface area contributed by atoms with E-state index < -0.39 is 0 Å². The molecule has 0 spiro atoms. The number of para-hydroxylation sites is 1. The average molecular weight is 416 g/mol. The smallest absolute Gasteiger partial charge is 0.225 e. The first kappa shape index (κ1) is 21.6. The number of anilines is 1. The zero-order valence-corrected chi connectivity index (χ0v) is 18.3. The van der Waals surface area contributed by atoms with Gasteiger partial charge in [-0.15, -0.1) is 11.8 Å². The number of aryl methyl sites for hydroxylation is 3. The quantitative estimate of drug-likeness (QED) is 0.486. The summed E-state index contributed by atoms with van der Waals surface area (Å²) in [6.45, 7) is 6.13. The van der Waals surface area contributed by atoms with Crippen LogP contribution in [0.1, 0.15) is 35.6 Å². The van der Waals surface area contributed by atoms with Crippen molar-refractivity contribution in [3.63, 3.8) is 0 Å². The fourth-order valence-corrected chi connectivity index (χ4v) is 4.08.